The molecule has 1 saturated heterocycles. The molecule has 0 spiro atoms. The predicted molar refractivity (Wildman–Crippen MR) is 131 cm³/mol. The average Bonchev–Trinajstić information content (AvgIpc) is 3.31. The number of aliphatic hydroxyl groups excluding tert-OH is 1. The molecule has 2 atom stereocenters. The number of ether oxygens (including phenoxy) is 4. The van der Waals surface area contributed by atoms with Crippen LogP contribution in [0.5, 0.6) is 5.88 Å². The maximum absolute atomic E-state index is 14.6. The van der Waals surface area contributed by atoms with Crippen LogP contribution < -0.4 is 4.74 Å². The van der Waals surface area contributed by atoms with Gasteiger partial charge in [-0.2, -0.15) is 0 Å². The van der Waals surface area contributed by atoms with Gasteiger partial charge in [-0.25, -0.2) is 19.1 Å². The van der Waals surface area contributed by atoms with Crippen LogP contribution in [0.3, 0.4) is 0 Å². The fourth-order valence-electron chi connectivity index (χ4n) is 4.56. The van der Waals surface area contributed by atoms with E-state index in [1.807, 2.05) is 12.2 Å². The fraction of sp³-hybridized carbons (Fsp3) is 0.370. The first-order chi connectivity index (χ1) is 18.0. The molecule has 4 heterocycles. The second-order valence-corrected chi connectivity index (χ2v) is 8.99. The zero-order chi connectivity index (χ0) is 25.8. The van der Waals surface area contributed by atoms with Gasteiger partial charge in [0, 0.05) is 11.6 Å². The van der Waals surface area contributed by atoms with Crippen LogP contribution >= 0.6 is 0 Å². The lowest BCUT2D eigenvalue weighted by Gasteiger charge is -2.23. The molecular weight excluding hydrogens is 481 g/mol. The molecule has 1 fully saturated rings. The number of aromatic nitrogens is 2. The number of fused-ring (bicyclic) bond motifs is 1. The van der Waals surface area contributed by atoms with Crippen LogP contribution in [0, 0.1) is 5.82 Å². The van der Waals surface area contributed by atoms with Crippen molar-refractivity contribution in [3.8, 4) is 5.88 Å². The molecule has 1 N–H and O–H groups in total. The van der Waals surface area contributed by atoms with Crippen molar-refractivity contribution in [3.05, 3.63) is 77.7 Å². The van der Waals surface area contributed by atoms with Crippen molar-refractivity contribution < 1.29 is 33.2 Å². The van der Waals surface area contributed by atoms with Crippen molar-refractivity contribution in [3.63, 3.8) is 0 Å². The predicted octanol–water partition coefficient (Wildman–Crippen LogP) is 5.16. The molecule has 0 saturated carbocycles. The molecule has 1 amide bonds. The third kappa shape index (κ3) is 5.43. The summed E-state index contributed by atoms with van der Waals surface area (Å²) in [5.74, 6) is 0.574. The lowest BCUT2D eigenvalue weighted by atomic mass is 10.0. The quantitative estimate of drug-likeness (QED) is 0.463. The van der Waals surface area contributed by atoms with E-state index in [0.29, 0.717) is 55.3 Å². The Bertz CT molecular complexity index is 1300. The molecule has 2 aromatic heterocycles. The van der Waals surface area contributed by atoms with Gasteiger partial charge in [0.1, 0.15) is 23.7 Å². The molecule has 2 aliphatic heterocycles. The Hall–Kier alpha value is -3.92. The first kappa shape index (κ1) is 24.8. The minimum absolute atomic E-state index is 0.108. The summed E-state index contributed by atoms with van der Waals surface area (Å²) in [5.41, 5.74) is 1.87. The highest BCUT2D eigenvalue weighted by atomic mass is 19.1. The number of unbranched alkanes of at least 4 members (excludes halogenated alkanes) is 1. The molecule has 2 aromatic rings. The second-order valence-electron chi connectivity index (χ2n) is 8.99. The number of carbonyl (C=O) groups is 1. The second kappa shape index (κ2) is 11.0. The average molecular weight is 510 g/mol. The molecule has 3 aliphatic rings. The lowest BCUT2D eigenvalue weighted by Crippen LogP contribution is -2.27. The minimum atomic E-state index is -1.06. The summed E-state index contributed by atoms with van der Waals surface area (Å²) in [7, 11) is 1.47. The molecule has 1 aliphatic carbocycles. The molecular formula is C27H28FN3O6. The number of hydrogen-bond acceptors (Lipinski definition) is 8. The van der Waals surface area contributed by atoms with E-state index in [4.69, 9.17) is 18.9 Å². The highest BCUT2D eigenvalue weighted by molar-refractivity contribution is 5.78. The molecule has 5 rings (SSSR count). The summed E-state index contributed by atoms with van der Waals surface area (Å²) >= 11 is 0. The maximum atomic E-state index is 14.6. The van der Waals surface area contributed by atoms with Crippen molar-refractivity contribution in [2.75, 3.05) is 13.7 Å². The van der Waals surface area contributed by atoms with Gasteiger partial charge in [0.15, 0.2) is 12.0 Å². The van der Waals surface area contributed by atoms with E-state index >= 15 is 0 Å². The molecule has 37 heavy (non-hydrogen) atoms. The van der Waals surface area contributed by atoms with E-state index in [-0.39, 0.29) is 17.2 Å². The van der Waals surface area contributed by atoms with Crippen molar-refractivity contribution >= 4 is 17.1 Å². The molecule has 2 unspecified atom stereocenters. The fourth-order valence-corrected chi connectivity index (χ4v) is 4.56. The summed E-state index contributed by atoms with van der Waals surface area (Å²) in [5, 5.41) is 10.7. The topological polar surface area (TPSA) is 103 Å². The van der Waals surface area contributed by atoms with Crippen LogP contribution in [-0.2, 0) is 14.2 Å². The van der Waals surface area contributed by atoms with E-state index in [9.17, 15) is 14.3 Å². The smallest absolute Gasteiger partial charge is 0.417 e. The van der Waals surface area contributed by atoms with Gasteiger partial charge in [-0.15, -0.1) is 0 Å². The summed E-state index contributed by atoms with van der Waals surface area (Å²) in [6.07, 6.45) is 12.1. The zero-order valence-corrected chi connectivity index (χ0v) is 20.4. The van der Waals surface area contributed by atoms with Crippen LogP contribution in [0.4, 0.5) is 9.18 Å². The molecule has 0 aromatic carbocycles. The summed E-state index contributed by atoms with van der Waals surface area (Å²) < 4.78 is 36.6. The highest BCUT2D eigenvalue weighted by Crippen LogP contribution is 2.32. The monoisotopic (exact) mass is 509 g/mol. The van der Waals surface area contributed by atoms with Crippen molar-refractivity contribution in [1.29, 1.82) is 0 Å². The van der Waals surface area contributed by atoms with Gasteiger partial charge in [-0.05, 0) is 43.7 Å². The van der Waals surface area contributed by atoms with Crippen LogP contribution in [-0.4, -0.2) is 45.8 Å². The number of rotatable bonds is 9. The Balaban J connectivity index is 1.13. The normalized spacial score (nSPS) is 20.0. The maximum Gasteiger partial charge on any atom is 0.417 e. The highest BCUT2D eigenvalue weighted by Gasteiger charge is 2.36. The summed E-state index contributed by atoms with van der Waals surface area (Å²) in [6, 6.07) is 3.31. The van der Waals surface area contributed by atoms with E-state index in [2.05, 4.69) is 16.0 Å². The Morgan fingerprint density at radius 2 is 2.19 bits per heavy atom. The van der Waals surface area contributed by atoms with Gasteiger partial charge in [0.2, 0.25) is 11.8 Å². The lowest BCUT2D eigenvalue weighted by molar-refractivity contribution is 0.115. The number of cyclic esters (lactones) is 1. The number of methoxy groups -OCH3 is 1. The molecule has 0 radical (unpaired) electrons. The van der Waals surface area contributed by atoms with Gasteiger partial charge in [0.25, 0.3) is 0 Å². The van der Waals surface area contributed by atoms with Crippen LogP contribution in [0.25, 0.3) is 11.0 Å². The number of allylic oxidation sites excluding steroid dienone is 4. The number of amides is 1. The summed E-state index contributed by atoms with van der Waals surface area (Å²) in [4.78, 5) is 22.2. The standard InChI is InChI=1S/C27H28FN3O6/c1-34-23-12-11-20-26(30-23)25(19(28)13-29-20)21(32)10-6-5-9-18-14-31(27(33)36-18)24-16-35-15-22(37-24)17-7-3-2-4-8-17/h2-3,7,11-13,15-16,18,21,32H,4-6,8-10,14H2,1H3. The third-order valence-corrected chi connectivity index (χ3v) is 6.50. The molecule has 194 valence electrons. The van der Waals surface area contributed by atoms with Crippen LogP contribution in [0.15, 0.2) is 66.3 Å². The number of aliphatic hydroxyl groups is 1. The van der Waals surface area contributed by atoms with E-state index in [1.165, 1.54) is 24.5 Å². The number of nitrogens with zero attached hydrogens (tertiary/aromatic N) is 3. The van der Waals surface area contributed by atoms with E-state index in [1.54, 1.807) is 12.1 Å². The number of carbonyl (C=O) groups excluding carboxylic acids is 1. The van der Waals surface area contributed by atoms with E-state index < -0.39 is 18.0 Å². The first-order valence-electron chi connectivity index (χ1n) is 12.3. The Morgan fingerprint density at radius 1 is 1.30 bits per heavy atom. The Labute approximate surface area is 213 Å². The van der Waals surface area contributed by atoms with Gasteiger partial charge in [-0.3, -0.25) is 4.98 Å². The molecule has 9 nitrogen and oxygen atoms in total. The minimum Gasteiger partial charge on any atom is -0.481 e. The number of halogens is 1. The zero-order valence-electron chi connectivity index (χ0n) is 20.4. The van der Waals surface area contributed by atoms with E-state index in [0.717, 1.165) is 24.6 Å². The first-order valence-corrected chi connectivity index (χ1v) is 12.3. The Morgan fingerprint density at radius 3 is 3.00 bits per heavy atom. The SMILES string of the molecule is COc1ccc2ncc(F)c(C(O)CCCCC3CN(C4=COC=C(C5=CC=CCC5)O4)C(=O)O3)c2n1. The van der Waals surface area contributed by atoms with Crippen molar-refractivity contribution in [2.45, 2.75) is 50.7 Å². The Kier molecular flexibility index (Phi) is 7.36. The number of pyridine rings is 2. The third-order valence-electron chi connectivity index (χ3n) is 6.50. The van der Waals surface area contributed by atoms with Gasteiger partial charge in [0.05, 0.1) is 31.5 Å². The molecule has 10 heteroatoms. The van der Waals surface area contributed by atoms with Crippen LogP contribution in [0.2, 0.25) is 0 Å². The van der Waals surface area contributed by atoms with Gasteiger partial charge in [-0.1, -0.05) is 24.6 Å². The number of hydrogen-bond donors (Lipinski definition) is 1. The van der Waals surface area contributed by atoms with Crippen LogP contribution in [0.1, 0.15) is 50.2 Å². The molecule has 0 bridgehead atoms. The van der Waals surface area contributed by atoms with Gasteiger partial charge >= 0.3 is 6.09 Å². The van der Waals surface area contributed by atoms with Crippen molar-refractivity contribution in [2.24, 2.45) is 0 Å². The largest absolute Gasteiger partial charge is 0.481 e. The van der Waals surface area contributed by atoms with Crippen molar-refractivity contribution in [1.82, 2.24) is 14.9 Å². The van der Waals surface area contributed by atoms with Gasteiger partial charge < -0.3 is 24.1 Å². The summed E-state index contributed by atoms with van der Waals surface area (Å²) in [6.45, 7) is 0.330.